The highest BCUT2D eigenvalue weighted by molar-refractivity contribution is 5.97. The van der Waals surface area contributed by atoms with Crippen LogP contribution >= 0.6 is 0 Å². The van der Waals surface area contributed by atoms with Crippen molar-refractivity contribution in [1.29, 1.82) is 0 Å². The summed E-state index contributed by atoms with van der Waals surface area (Å²) in [6.07, 6.45) is 1.14. The first-order valence-electron chi connectivity index (χ1n) is 5.54. The molecule has 0 unspecified atom stereocenters. The summed E-state index contributed by atoms with van der Waals surface area (Å²) >= 11 is 0. The Morgan fingerprint density at radius 1 is 1.37 bits per heavy atom. The minimum Gasteiger partial charge on any atom is -0.449 e. The van der Waals surface area contributed by atoms with Gasteiger partial charge in [0.15, 0.2) is 5.82 Å². The summed E-state index contributed by atoms with van der Waals surface area (Å²) in [6.45, 7) is 1.72. The standard InChI is InChI=1S/C12H10N4O3/c1-7-15-12(19-16-7)11-10(13-6-14-17)8-4-2-3-5-9(8)18-11/h2-6,17H,1H3,(H,13,14). The van der Waals surface area contributed by atoms with Gasteiger partial charge in [0.2, 0.25) is 5.76 Å². The van der Waals surface area contributed by atoms with E-state index < -0.39 is 0 Å². The monoisotopic (exact) mass is 258 g/mol. The highest BCUT2D eigenvalue weighted by Crippen LogP contribution is 2.38. The zero-order valence-electron chi connectivity index (χ0n) is 9.99. The van der Waals surface area contributed by atoms with Crippen molar-refractivity contribution in [2.24, 2.45) is 4.99 Å². The molecule has 2 aromatic heterocycles. The number of nitrogens with one attached hydrogen (secondary N) is 1. The number of aryl methyl sites for hydroxylation is 1. The minimum absolute atomic E-state index is 0.249. The maximum absolute atomic E-state index is 8.62. The topological polar surface area (TPSA) is 96.7 Å². The molecular formula is C12H10N4O3. The normalized spacial score (nSPS) is 11.5. The Labute approximate surface area is 107 Å². The molecule has 7 nitrogen and oxygen atoms in total. The number of para-hydroxylation sites is 1. The maximum Gasteiger partial charge on any atom is 0.295 e. The van der Waals surface area contributed by atoms with E-state index in [1.54, 1.807) is 6.92 Å². The van der Waals surface area contributed by atoms with Crippen LogP contribution in [-0.4, -0.2) is 21.7 Å². The molecule has 2 N–H and O–H groups in total. The summed E-state index contributed by atoms with van der Waals surface area (Å²) in [7, 11) is 0. The minimum atomic E-state index is 0.249. The SMILES string of the molecule is Cc1noc(-c2oc3ccccc3c2N=CNO)n1. The molecule has 0 bridgehead atoms. The third-order valence-corrected chi connectivity index (χ3v) is 2.54. The van der Waals surface area contributed by atoms with E-state index in [1.165, 1.54) is 0 Å². The van der Waals surface area contributed by atoms with Gasteiger partial charge in [-0.25, -0.2) is 4.99 Å². The maximum atomic E-state index is 8.62. The zero-order chi connectivity index (χ0) is 13.2. The second-order valence-electron chi connectivity index (χ2n) is 3.81. The summed E-state index contributed by atoms with van der Waals surface area (Å²) in [5, 5.41) is 13.1. The predicted molar refractivity (Wildman–Crippen MR) is 67.3 cm³/mol. The Morgan fingerprint density at radius 3 is 2.95 bits per heavy atom. The highest BCUT2D eigenvalue weighted by atomic mass is 16.5. The van der Waals surface area contributed by atoms with Gasteiger partial charge in [-0.2, -0.15) is 4.98 Å². The zero-order valence-corrected chi connectivity index (χ0v) is 9.99. The summed E-state index contributed by atoms with van der Waals surface area (Å²) in [5.74, 6) is 1.12. The molecule has 0 spiro atoms. The number of fused-ring (bicyclic) bond motifs is 1. The molecule has 7 heteroatoms. The molecule has 0 aliphatic rings. The molecule has 0 aliphatic carbocycles. The molecular weight excluding hydrogens is 248 g/mol. The van der Waals surface area contributed by atoms with Crippen molar-refractivity contribution in [3.05, 3.63) is 30.1 Å². The number of aliphatic imine (C=N–C) groups is 1. The third kappa shape index (κ3) is 1.95. The number of aromatic nitrogens is 2. The lowest BCUT2D eigenvalue weighted by atomic mass is 10.2. The van der Waals surface area contributed by atoms with Gasteiger partial charge in [-0.3, -0.25) is 10.7 Å². The molecule has 0 aliphatic heterocycles. The van der Waals surface area contributed by atoms with Gasteiger partial charge in [-0.15, -0.1) is 0 Å². The average Bonchev–Trinajstić information content (AvgIpc) is 3.00. The number of rotatable bonds is 3. The first-order valence-corrected chi connectivity index (χ1v) is 5.54. The van der Waals surface area contributed by atoms with E-state index in [1.807, 2.05) is 29.7 Å². The van der Waals surface area contributed by atoms with E-state index >= 15 is 0 Å². The van der Waals surface area contributed by atoms with Crippen molar-refractivity contribution < 1.29 is 14.1 Å². The molecule has 0 saturated carbocycles. The second-order valence-corrected chi connectivity index (χ2v) is 3.81. The van der Waals surface area contributed by atoms with Crippen molar-refractivity contribution >= 4 is 23.0 Å². The van der Waals surface area contributed by atoms with Gasteiger partial charge >= 0.3 is 0 Å². The summed E-state index contributed by atoms with van der Waals surface area (Å²) in [6, 6.07) is 7.39. The molecule has 0 amide bonds. The van der Waals surface area contributed by atoms with E-state index in [-0.39, 0.29) is 5.89 Å². The quantitative estimate of drug-likeness (QED) is 0.425. The largest absolute Gasteiger partial charge is 0.449 e. The van der Waals surface area contributed by atoms with Crippen LogP contribution in [0.25, 0.3) is 22.6 Å². The molecule has 3 rings (SSSR count). The molecule has 1 aromatic carbocycles. The molecule has 0 saturated heterocycles. The van der Waals surface area contributed by atoms with Gasteiger partial charge in [0.25, 0.3) is 5.89 Å². The van der Waals surface area contributed by atoms with Gasteiger partial charge in [-0.05, 0) is 19.1 Å². The lowest BCUT2D eigenvalue weighted by Crippen LogP contribution is -2.00. The van der Waals surface area contributed by atoms with Crippen LogP contribution in [-0.2, 0) is 0 Å². The summed E-state index contributed by atoms with van der Waals surface area (Å²) in [4.78, 5) is 8.21. The van der Waals surface area contributed by atoms with Gasteiger partial charge < -0.3 is 8.94 Å². The van der Waals surface area contributed by atoms with Gasteiger partial charge in [-0.1, -0.05) is 17.3 Å². The van der Waals surface area contributed by atoms with E-state index in [9.17, 15) is 0 Å². The molecule has 96 valence electrons. The summed E-state index contributed by atoms with van der Waals surface area (Å²) < 4.78 is 10.8. The molecule has 0 fully saturated rings. The number of furan rings is 1. The van der Waals surface area contributed by atoms with Crippen molar-refractivity contribution in [3.8, 4) is 11.7 Å². The van der Waals surface area contributed by atoms with E-state index in [2.05, 4.69) is 15.1 Å². The Hall–Kier alpha value is -2.67. The number of hydrogen-bond acceptors (Lipinski definition) is 6. The molecule has 0 atom stereocenters. The number of nitrogens with zero attached hydrogens (tertiary/aromatic N) is 3. The smallest absolute Gasteiger partial charge is 0.295 e. The lowest BCUT2D eigenvalue weighted by Gasteiger charge is -1.91. The summed E-state index contributed by atoms with van der Waals surface area (Å²) in [5.41, 5.74) is 3.02. The Kier molecular flexibility index (Phi) is 2.73. The average molecular weight is 258 g/mol. The fourth-order valence-electron chi connectivity index (χ4n) is 1.79. The van der Waals surface area contributed by atoms with Crippen molar-refractivity contribution in [2.75, 3.05) is 0 Å². The van der Waals surface area contributed by atoms with Crippen LogP contribution in [0.5, 0.6) is 0 Å². The lowest BCUT2D eigenvalue weighted by molar-refractivity contribution is 0.240. The van der Waals surface area contributed by atoms with Gasteiger partial charge in [0.05, 0.1) is 0 Å². The van der Waals surface area contributed by atoms with Crippen LogP contribution in [0.4, 0.5) is 5.69 Å². The van der Waals surface area contributed by atoms with Gasteiger partial charge in [0.1, 0.15) is 17.6 Å². The Balaban J connectivity index is 2.25. The van der Waals surface area contributed by atoms with Crippen LogP contribution in [0.15, 0.2) is 38.2 Å². The van der Waals surface area contributed by atoms with Crippen LogP contribution < -0.4 is 5.48 Å². The van der Waals surface area contributed by atoms with Crippen LogP contribution in [0.1, 0.15) is 5.82 Å². The van der Waals surface area contributed by atoms with E-state index in [0.29, 0.717) is 22.9 Å². The van der Waals surface area contributed by atoms with Crippen molar-refractivity contribution in [2.45, 2.75) is 6.92 Å². The fourth-order valence-corrected chi connectivity index (χ4v) is 1.79. The van der Waals surface area contributed by atoms with Crippen LogP contribution in [0, 0.1) is 6.92 Å². The predicted octanol–water partition coefficient (Wildman–Crippen LogP) is 2.43. The van der Waals surface area contributed by atoms with Crippen molar-refractivity contribution in [1.82, 2.24) is 15.6 Å². The Bertz CT molecular complexity index is 744. The number of benzene rings is 1. The van der Waals surface area contributed by atoms with Gasteiger partial charge in [0, 0.05) is 5.39 Å². The molecule has 19 heavy (non-hydrogen) atoms. The third-order valence-electron chi connectivity index (χ3n) is 2.54. The van der Waals surface area contributed by atoms with Crippen LogP contribution in [0.2, 0.25) is 0 Å². The van der Waals surface area contributed by atoms with E-state index in [0.717, 1.165) is 11.7 Å². The molecule has 3 aromatic rings. The van der Waals surface area contributed by atoms with E-state index in [4.69, 9.17) is 14.1 Å². The highest BCUT2D eigenvalue weighted by Gasteiger charge is 2.19. The van der Waals surface area contributed by atoms with Crippen molar-refractivity contribution in [3.63, 3.8) is 0 Å². The number of hydrogen-bond donors (Lipinski definition) is 2. The Morgan fingerprint density at radius 2 is 2.21 bits per heavy atom. The fraction of sp³-hybridized carbons (Fsp3) is 0.0833. The number of hydroxylamine groups is 1. The molecule has 2 heterocycles. The first-order chi connectivity index (χ1) is 9.29. The second kappa shape index (κ2) is 4.54. The molecule has 0 radical (unpaired) electrons. The van der Waals surface area contributed by atoms with Crippen LogP contribution in [0.3, 0.4) is 0 Å². The first kappa shape index (κ1) is 11.4.